The van der Waals surface area contributed by atoms with Gasteiger partial charge < -0.3 is 15.7 Å². The quantitative estimate of drug-likeness (QED) is 0.715. The Hall–Kier alpha value is -2.63. The standard InChI is InChI=1S/C15H18N4O2/c20-13-4-1-3-12(11-13)5-9-16-14(21)6-10-19-15-17-7-2-8-18-15/h1-4,7-8,11,20H,5-6,9-10H2,(H,16,21)(H,17,18,19). The number of hydrogen-bond acceptors (Lipinski definition) is 5. The minimum absolute atomic E-state index is 0.0291. The van der Waals surface area contributed by atoms with Crippen LogP contribution in [0.2, 0.25) is 0 Å². The Kier molecular flexibility index (Phi) is 5.51. The van der Waals surface area contributed by atoms with E-state index in [-0.39, 0.29) is 11.7 Å². The molecule has 0 bridgehead atoms. The summed E-state index contributed by atoms with van der Waals surface area (Å²) >= 11 is 0. The van der Waals surface area contributed by atoms with Crippen molar-refractivity contribution >= 4 is 11.9 Å². The highest BCUT2D eigenvalue weighted by molar-refractivity contribution is 5.76. The summed E-state index contributed by atoms with van der Waals surface area (Å²) in [5.74, 6) is 0.731. The van der Waals surface area contributed by atoms with Gasteiger partial charge >= 0.3 is 0 Å². The Balaban J connectivity index is 1.61. The second kappa shape index (κ2) is 7.84. The molecule has 6 heteroatoms. The molecule has 1 heterocycles. The maximum atomic E-state index is 11.6. The Morgan fingerprint density at radius 3 is 2.71 bits per heavy atom. The minimum atomic E-state index is -0.0291. The van der Waals surface area contributed by atoms with Crippen molar-refractivity contribution in [3.63, 3.8) is 0 Å². The van der Waals surface area contributed by atoms with Gasteiger partial charge in [-0.15, -0.1) is 0 Å². The number of benzene rings is 1. The van der Waals surface area contributed by atoms with E-state index in [4.69, 9.17) is 0 Å². The summed E-state index contributed by atoms with van der Waals surface area (Å²) in [6.07, 6.45) is 4.34. The largest absolute Gasteiger partial charge is 0.508 e. The third-order valence-corrected chi connectivity index (χ3v) is 2.85. The summed E-state index contributed by atoms with van der Waals surface area (Å²) in [6.45, 7) is 1.03. The van der Waals surface area contributed by atoms with E-state index in [1.807, 2.05) is 6.07 Å². The van der Waals surface area contributed by atoms with Crippen LogP contribution < -0.4 is 10.6 Å². The van der Waals surface area contributed by atoms with Crippen LogP contribution in [0.1, 0.15) is 12.0 Å². The van der Waals surface area contributed by atoms with Crippen molar-refractivity contribution < 1.29 is 9.90 Å². The Bertz CT molecular complexity index is 575. The number of aromatic nitrogens is 2. The van der Waals surface area contributed by atoms with Gasteiger partial charge in [0, 0.05) is 31.9 Å². The summed E-state index contributed by atoms with van der Waals surface area (Å²) in [5.41, 5.74) is 0.992. The molecule has 1 aromatic heterocycles. The van der Waals surface area contributed by atoms with Crippen LogP contribution in [-0.2, 0) is 11.2 Å². The van der Waals surface area contributed by atoms with E-state index < -0.39 is 0 Å². The van der Waals surface area contributed by atoms with Crippen LogP contribution in [0.3, 0.4) is 0 Å². The Morgan fingerprint density at radius 1 is 1.14 bits per heavy atom. The molecule has 110 valence electrons. The molecule has 21 heavy (non-hydrogen) atoms. The molecule has 0 saturated heterocycles. The maximum absolute atomic E-state index is 11.6. The number of carbonyl (C=O) groups excluding carboxylic acids is 1. The van der Waals surface area contributed by atoms with Crippen LogP contribution in [0.25, 0.3) is 0 Å². The van der Waals surface area contributed by atoms with Crippen molar-refractivity contribution in [1.29, 1.82) is 0 Å². The van der Waals surface area contributed by atoms with Gasteiger partial charge in [-0.1, -0.05) is 12.1 Å². The third kappa shape index (κ3) is 5.48. The highest BCUT2D eigenvalue weighted by Gasteiger charge is 2.02. The van der Waals surface area contributed by atoms with Gasteiger partial charge in [-0.3, -0.25) is 4.79 Å². The fourth-order valence-corrected chi connectivity index (χ4v) is 1.82. The molecule has 1 aromatic carbocycles. The van der Waals surface area contributed by atoms with Crippen LogP contribution >= 0.6 is 0 Å². The molecular formula is C15H18N4O2. The van der Waals surface area contributed by atoms with Gasteiger partial charge in [0.25, 0.3) is 0 Å². The first kappa shape index (κ1) is 14.8. The average Bonchev–Trinajstić information content (AvgIpc) is 2.48. The van der Waals surface area contributed by atoms with Gasteiger partial charge in [0.15, 0.2) is 0 Å². The fourth-order valence-electron chi connectivity index (χ4n) is 1.82. The Morgan fingerprint density at radius 2 is 1.95 bits per heavy atom. The van der Waals surface area contributed by atoms with Crippen molar-refractivity contribution in [2.75, 3.05) is 18.4 Å². The number of hydrogen-bond donors (Lipinski definition) is 3. The Labute approximate surface area is 123 Å². The third-order valence-electron chi connectivity index (χ3n) is 2.85. The molecule has 0 aliphatic rings. The number of phenols is 1. The van der Waals surface area contributed by atoms with Crippen LogP contribution in [0.15, 0.2) is 42.7 Å². The highest BCUT2D eigenvalue weighted by atomic mass is 16.3. The number of rotatable bonds is 7. The van der Waals surface area contributed by atoms with Gasteiger partial charge in [-0.05, 0) is 30.2 Å². The van der Waals surface area contributed by atoms with E-state index in [2.05, 4.69) is 20.6 Å². The molecule has 0 saturated carbocycles. The van der Waals surface area contributed by atoms with Gasteiger partial charge in [0.2, 0.25) is 11.9 Å². The zero-order valence-electron chi connectivity index (χ0n) is 11.6. The summed E-state index contributed by atoms with van der Waals surface area (Å²) in [5, 5.41) is 15.1. The lowest BCUT2D eigenvalue weighted by molar-refractivity contribution is -0.120. The zero-order chi connectivity index (χ0) is 14.9. The molecule has 0 unspecified atom stereocenters. The first-order valence-corrected chi connectivity index (χ1v) is 6.79. The number of nitrogens with one attached hydrogen (secondary N) is 2. The SMILES string of the molecule is O=C(CCNc1ncccn1)NCCc1cccc(O)c1. The monoisotopic (exact) mass is 286 g/mol. The van der Waals surface area contributed by atoms with E-state index in [0.717, 1.165) is 5.56 Å². The van der Waals surface area contributed by atoms with Gasteiger partial charge in [-0.2, -0.15) is 0 Å². The number of amides is 1. The van der Waals surface area contributed by atoms with E-state index in [1.54, 1.807) is 36.7 Å². The fraction of sp³-hybridized carbons (Fsp3) is 0.267. The van der Waals surface area contributed by atoms with Crippen LogP contribution in [0, 0.1) is 0 Å². The van der Waals surface area contributed by atoms with Crippen molar-refractivity contribution in [3.05, 3.63) is 48.3 Å². The number of carbonyl (C=O) groups is 1. The molecule has 6 nitrogen and oxygen atoms in total. The van der Waals surface area contributed by atoms with Crippen molar-refractivity contribution in [1.82, 2.24) is 15.3 Å². The van der Waals surface area contributed by atoms with E-state index in [1.165, 1.54) is 0 Å². The van der Waals surface area contributed by atoms with Crippen LogP contribution in [0.5, 0.6) is 5.75 Å². The normalized spacial score (nSPS) is 10.1. The second-order valence-corrected chi connectivity index (χ2v) is 4.52. The number of aromatic hydroxyl groups is 1. The number of nitrogens with zero attached hydrogens (tertiary/aromatic N) is 2. The van der Waals surface area contributed by atoms with E-state index in [0.29, 0.717) is 31.9 Å². The molecular weight excluding hydrogens is 268 g/mol. The molecule has 2 aromatic rings. The maximum Gasteiger partial charge on any atom is 0.222 e. The molecule has 0 atom stereocenters. The number of phenolic OH excluding ortho intramolecular Hbond substituents is 1. The van der Waals surface area contributed by atoms with Crippen LogP contribution in [-0.4, -0.2) is 34.1 Å². The molecule has 0 aliphatic heterocycles. The summed E-state index contributed by atoms with van der Waals surface area (Å²) in [4.78, 5) is 19.7. The van der Waals surface area contributed by atoms with Crippen molar-refractivity contribution in [3.8, 4) is 5.75 Å². The zero-order valence-corrected chi connectivity index (χ0v) is 11.6. The highest BCUT2D eigenvalue weighted by Crippen LogP contribution is 2.10. The molecule has 0 aliphatic carbocycles. The van der Waals surface area contributed by atoms with Gasteiger partial charge in [-0.25, -0.2) is 9.97 Å². The molecule has 1 amide bonds. The molecule has 0 spiro atoms. The predicted molar refractivity (Wildman–Crippen MR) is 80.0 cm³/mol. The summed E-state index contributed by atoms with van der Waals surface area (Å²) in [7, 11) is 0. The predicted octanol–water partition coefficient (Wildman–Crippen LogP) is 1.34. The van der Waals surface area contributed by atoms with Crippen molar-refractivity contribution in [2.24, 2.45) is 0 Å². The molecule has 0 fully saturated rings. The first-order valence-electron chi connectivity index (χ1n) is 6.79. The topological polar surface area (TPSA) is 87.1 Å². The average molecular weight is 286 g/mol. The summed E-state index contributed by atoms with van der Waals surface area (Å²) < 4.78 is 0. The second-order valence-electron chi connectivity index (χ2n) is 4.52. The van der Waals surface area contributed by atoms with E-state index in [9.17, 15) is 9.90 Å². The number of anilines is 1. The minimum Gasteiger partial charge on any atom is -0.508 e. The lowest BCUT2D eigenvalue weighted by atomic mass is 10.1. The molecule has 3 N–H and O–H groups in total. The molecule has 0 radical (unpaired) electrons. The van der Waals surface area contributed by atoms with Crippen molar-refractivity contribution in [2.45, 2.75) is 12.8 Å². The lowest BCUT2D eigenvalue weighted by Crippen LogP contribution is -2.27. The van der Waals surface area contributed by atoms with Gasteiger partial charge in [0.05, 0.1) is 0 Å². The molecule has 2 rings (SSSR count). The first-order chi connectivity index (χ1) is 10.2. The van der Waals surface area contributed by atoms with E-state index >= 15 is 0 Å². The van der Waals surface area contributed by atoms with Gasteiger partial charge in [0.1, 0.15) is 5.75 Å². The van der Waals surface area contributed by atoms with Crippen LogP contribution in [0.4, 0.5) is 5.95 Å². The smallest absolute Gasteiger partial charge is 0.222 e. The lowest BCUT2D eigenvalue weighted by Gasteiger charge is -2.06. The summed E-state index contributed by atoms with van der Waals surface area (Å²) in [6, 6.07) is 8.76.